The number of nitrogens with zero attached hydrogens (tertiary/aromatic N) is 3. The zero-order chi connectivity index (χ0) is 13.7. The SMILES string of the molecule is [Na+].[S-]c1nnc(Br)n1-c1ccc(C2CC2)c2ccccc12. The minimum Gasteiger partial charge on any atom is -0.740 e. The maximum atomic E-state index is 5.27. The van der Waals surface area contributed by atoms with Crippen molar-refractivity contribution < 1.29 is 29.6 Å². The Morgan fingerprint density at radius 1 is 1.05 bits per heavy atom. The van der Waals surface area contributed by atoms with Crippen molar-refractivity contribution in [1.82, 2.24) is 14.8 Å². The number of hydrogen-bond donors (Lipinski definition) is 0. The van der Waals surface area contributed by atoms with E-state index in [1.807, 2.05) is 4.57 Å². The van der Waals surface area contributed by atoms with Crippen molar-refractivity contribution in [3.8, 4) is 5.69 Å². The van der Waals surface area contributed by atoms with E-state index in [1.165, 1.54) is 29.2 Å². The van der Waals surface area contributed by atoms with Crippen LogP contribution >= 0.6 is 15.9 Å². The first kappa shape index (κ1) is 15.4. The van der Waals surface area contributed by atoms with E-state index >= 15 is 0 Å². The fraction of sp³-hybridized carbons (Fsp3) is 0.200. The van der Waals surface area contributed by atoms with Gasteiger partial charge in [-0.3, -0.25) is 4.57 Å². The summed E-state index contributed by atoms with van der Waals surface area (Å²) in [7, 11) is 0. The molecule has 100 valence electrons. The van der Waals surface area contributed by atoms with E-state index in [2.05, 4.69) is 62.5 Å². The van der Waals surface area contributed by atoms with Crippen molar-refractivity contribution >= 4 is 39.3 Å². The Morgan fingerprint density at radius 2 is 1.76 bits per heavy atom. The summed E-state index contributed by atoms with van der Waals surface area (Å²) >= 11 is 8.70. The third kappa shape index (κ3) is 2.66. The van der Waals surface area contributed by atoms with E-state index in [0.717, 1.165) is 11.6 Å². The number of rotatable bonds is 2. The molecule has 0 unspecified atom stereocenters. The van der Waals surface area contributed by atoms with Crippen LogP contribution in [0.25, 0.3) is 16.5 Å². The average molecular weight is 368 g/mol. The van der Waals surface area contributed by atoms with Gasteiger partial charge in [0.05, 0.1) is 5.69 Å². The predicted octanol–water partition coefficient (Wildman–Crippen LogP) is 0.970. The number of halogens is 1. The summed E-state index contributed by atoms with van der Waals surface area (Å²) in [5, 5.41) is 10.9. The van der Waals surface area contributed by atoms with Crippen molar-refractivity contribution in [3.05, 3.63) is 46.7 Å². The van der Waals surface area contributed by atoms with E-state index in [4.69, 9.17) is 12.6 Å². The topological polar surface area (TPSA) is 30.7 Å². The molecule has 4 rings (SSSR count). The van der Waals surface area contributed by atoms with Gasteiger partial charge < -0.3 is 12.6 Å². The van der Waals surface area contributed by atoms with E-state index in [0.29, 0.717) is 9.89 Å². The molecule has 0 saturated heterocycles. The van der Waals surface area contributed by atoms with Gasteiger partial charge in [0.2, 0.25) is 4.73 Å². The first-order valence-corrected chi connectivity index (χ1v) is 7.76. The van der Waals surface area contributed by atoms with Crippen LogP contribution in [0.3, 0.4) is 0 Å². The Hall–Kier alpha value is -0.460. The second-order valence-electron chi connectivity index (χ2n) is 5.08. The zero-order valence-electron chi connectivity index (χ0n) is 11.6. The summed E-state index contributed by atoms with van der Waals surface area (Å²) in [6.45, 7) is 0. The van der Waals surface area contributed by atoms with Gasteiger partial charge in [0.25, 0.3) is 0 Å². The quantitative estimate of drug-likeness (QED) is 0.499. The molecule has 0 aliphatic heterocycles. The van der Waals surface area contributed by atoms with Crippen LogP contribution in [0.1, 0.15) is 24.3 Å². The molecule has 0 N–H and O–H groups in total. The third-order valence-electron chi connectivity index (χ3n) is 3.79. The van der Waals surface area contributed by atoms with Gasteiger partial charge in [-0.15, -0.1) is 5.10 Å². The van der Waals surface area contributed by atoms with Gasteiger partial charge in [-0.2, -0.15) is 5.10 Å². The molecule has 1 fully saturated rings. The number of hydrogen-bond acceptors (Lipinski definition) is 3. The van der Waals surface area contributed by atoms with E-state index in [9.17, 15) is 0 Å². The summed E-state index contributed by atoms with van der Waals surface area (Å²) < 4.78 is 2.51. The summed E-state index contributed by atoms with van der Waals surface area (Å²) in [6, 6.07) is 12.8. The first-order chi connectivity index (χ1) is 9.75. The van der Waals surface area contributed by atoms with Crippen LogP contribution in [0.4, 0.5) is 0 Å². The second-order valence-corrected chi connectivity index (χ2v) is 6.16. The van der Waals surface area contributed by atoms with Crippen LogP contribution in [0.15, 0.2) is 46.3 Å². The number of aromatic nitrogens is 3. The minimum absolute atomic E-state index is 0. The summed E-state index contributed by atoms with van der Waals surface area (Å²) in [6.07, 6.45) is 2.60. The van der Waals surface area contributed by atoms with Crippen molar-refractivity contribution in [1.29, 1.82) is 0 Å². The first-order valence-electron chi connectivity index (χ1n) is 6.55. The average Bonchev–Trinajstić information content (AvgIpc) is 3.25. The van der Waals surface area contributed by atoms with Gasteiger partial charge in [-0.25, -0.2) is 0 Å². The van der Waals surface area contributed by atoms with Crippen LogP contribution in [0.2, 0.25) is 0 Å². The van der Waals surface area contributed by atoms with Gasteiger partial charge in [0.1, 0.15) is 0 Å². The zero-order valence-corrected chi connectivity index (χ0v) is 16.0. The summed E-state index contributed by atoms with van der Waals surface area (Å²) in [4.78, 5) is 0. The van der Waals surface area contributed by atoms with Crippen molar-refractivity contribution in [2.75, 3.05) is 0 Å². The number of fused-ring (bicyclic) bond motifs is 1. The van der Waals surface area contributed by atoms with Crippen molar-refractivity contribution in [3.63, 3.8) is 0 Å². The van der Waals surface area contributed by atoms with E-state index in [1.54, 1.807) is 0 Å². The monoisotopic (exact) mass is 367 g/mol. The molecule has 2 aromatic carbocycles. The molecule has 1 aromatic heterocycles. The minimum atomic E-state index is 0. The molecule has 0 amide bonds. The molecule has 0 radical (unpaired) electrons. The molecule has 3 aromatic rings. The van der Waals surface area contributed by atoms with Gasteiger partial charge in [0, 0.05) is 10.5 Å². The second kappa shape index (κ2) is 5.97. The van der Waals surface area contributed by atoms with Crippen LogP contribution in [-0.2, 0) is 12.6 Å². The smallest absolute Gasteiger partial charge is 0.740 e. The summed E-state index contributed by atoms with van der Waals surface area (Å²) in [5.74, 6) is 0.723. The van der Waals surface area contributed by atoms with Gasteiger partial charge in [0.15, 0.2) is 0 Å². The van der Waals surface area contributed by atoms with Gasteiger partial charge in [-0.1, -0.05) is 30.3 Å². The van der Waals surface area contributed by atoms with Crippen molar-refractivity contribution in [2.45, 2.75) is 23.9 Å². The molecular weight excluding hydrogens is 357 g/mol. The van der Waals surface area contributed by atoms with Crippen LogP contribution in [0, 0.1) is 0 Å². The molecule has 0 spiro atoms. The Labute approximate surface area is 159 Å². The standard InChI is InChI=1S/C15H12BrN3S.Na/c16-14-17-18-15(20)19(14)13-8-7-10(9-5-6-9)11-3-1-2-4-12(11)13;/h1-4,7-9H,5-6H2,(H,18,20);/q;+1/p-1. The summed E-state index contributed by atoms with van der Waals surface area (Å²) in [5.41, 5.74) is 2.48. The molecule has 21 heavy (non-hydrogen) atoms. The van der Waals surface area contributed by atoms with Crippen LogP contribution < -0.4 is 29.6 Å². The molecule has 1 saturated carbocycles. The fourth-order valence-corrected chi connectivity index (χ4v) is 3.49. The molecule has 6 heteroatoms. The Balaban J connectivity index is 0.00000132. The molecule has 1 heterocycles. The number of benzene rings is 2. The third-order valence-corrected chi connectivity index (χ3v) is 4.56. The van der Waals surface area contributed by atoms with Crippen LogP contribution in [-0.4, -0.2) is 14.8 Å². The molecule has 0 bridgehead atoms. The van der Waals surface area contributed by atoms with Gasteiger partial charge >= 0.3 is 29.6 Å². The molecule has 0 atom stereocenters. The van der Waals surface area contributed by atoms with Crippen LogP contribution in [0.5, 0.6) is 0 Å². The molecule has 3 nitrogen and oxygen atoms in total. The normalized spacial score (nSPS) is 14.1. The van der Waals surface area contributed by atoms with Crippen molar-refractivity contribution in [2.24, 2.45) is 0 Å². The Morgan fingerprint density at radius 3 is 2.38 bits per heavy atom. The van der Waals surface area contributed by atoms with E-state index in [-0.39, 0.29) is 29.6 Å². The Kier molecular flexibility index (Phi) is 4.39. The maximum absolute atomic E-state index is 5.27. The van der Waals surface area contributed by atoms with Gasteiger partial charge in [-0.05, 0) is 51.7 Å². The predicted molar refractivity (Wildman–Crippen MR) is 84.2 cm³/mol. The Bertz CT molecular complexity index is 794. The largest absolute Gasteiger partial charge is 1.00 e. The molecule has 1 aliphatic rings. The fourth-order valence-electron chi connectivity index (χ4n) is 2.71. The molecule has 1 aliphatic carbocycles. The van der Waals surface area contributed by atoms with E-state index < -0.39 is 0 Å². The molecular formula is C15H11BrN3NaS. The maximum Gasteiger partial charge on any atom is 1.00 e.